The van der Waals surface area contributed by atoms with E-state index in [0.717, 1.165) is 22.1 Å². The summed E-state index contributed by atoms with van der Waals surface area (Å²) in [7, 11) is 3.53. The number of hydrogen-bond donors (Lipinski definition) is 1. The van der Waals surface area contributed by atoms with Gasteiger partial charge in [-0.3, -0.25) is 10.1 Å². The number of nitrogens with zero attached hydrogens (tertiary/aromatic N) is 1. The SMILES string of the molecule is COc1ccc2cc(CN(C)C(=O)C(C)NC(C)c3cccs3)ccc2c1. The van der Waals surface area contributed by atoms with Gasteiger partial charge in [-0.05, 0) is 59.8 Å². The van der Waals surface area contributed by atoms with Crippen LogP contribution < -0.4 is 10.1 Å². The first-order chi connectivity index (χ1) is 13.0. The second-order valence-electron chi connectivity index (χ2n) is 6.87. The third-order valence-corrected chi connectivity index (χ3v) is 5.80. The first kappa shape index (κ1) is 19.4. The lowest BCUT2D eigenvalue weighted by Gasteiger charge is -2.24. The van der Waals surface area contributed by atoms with Crippen LogP contribution >= 0.6 is 11.3 Å². The van der Waals surface area contributed by atoms with Gasteiger partial charge in [-0.15, -0.1) is 11.3 Å². The predicted molar refractivity (Wildman–Crippen MR) is 112 cm³/mol. The molecule has 4 nitrogen and oxygen atoms in total. The minimum atomic E-state index is -0.239. The molecule has 0 bridgehead atoms. The highest BCUT2D eigenvalue weighted by atomic mass is 32.1. The van der Waals surface area contributed by atoms with E-state index in [4.69, 9.17) is 4.74 Å². The van der Waals surface area contributed by atoms with Crippen LogP contribution in [0.1, 0.15) is 30.3 Å². The van der Waals surface area contributed by atoms with Gasteiger partial charge in [0.2, 0.25) is 5.91 Å². The van der Waals surface area contributed by atoms with Crippen molar-refractivity contribution in [3.63, 3.8) is 0 Å². The molecule has 1 heterocycles. The van der Waals surface area contributed by atoms with E-state index in [0.29, 0.717) is 6.54 Å². The lowest BCUT2D eigenvalue weighted by atomic mass is 10.1. The van der Waals surface area contributed by atoms with Crippen LogP contribution in [-0.4, -0.2) is 31.0 Å². The van der Waals surface area contributed by atoms with Crippen LogP contribution in [0.5, 0.6) is 5.75 Å². The average Bonchev–Trinajstić information content (AvgIpc) is 3.21. The quantitative estimate of drug-likeness (QED) is 0.649. The molecule has 5 heteroatoms. The van der Waals surface area contributed by atoms with E-state index in [9.17, 15) is 4.79 Å². The Morgan fingerprint density at radius 3 is 2.59 bits per heavy atom. The van der Waals surface area contributed by atoms with Gasteiger partial charge in [-0.1, -0.05) is 24.3 Å². The number of thiophene rings is 1. The van der Waals surface area contributed by atoms with E-state index in [1.54, 1.807) is 23.3 Å². The Morgan fingerprint density at radius 1 is 1.15 bits per heavy atom. The second-order valence-corrected chi connectivity index (χ2v) is 7.85. The topological polar surface area (TPSA) is 41.6 Å². The number of nitrogens with one attached hydrogen (secondary N) is 1. The van der Waals surface area contributed by atoms with Crippen molar-refractivity contribution in [1.29, 1.82) is 0 Å². The predicted octanol–water partition coefficient (Wildman–Crippen LogP) is 4.61. The fourth-order valence-electron chi connectivity index (χ4n) is 3.25. The van der Waals surface area contributed by atoms with Crippen molar-refractivity contribution in [3.05, 3.63) is 64.4 Å². The zero-order valence-electron chi connectivity index (χ0n) is 16.2. The molecule has 0 aliphatic heterocycles. The monoisotopic (exact) mass is 382 g/mol. The first-order valence-electron chi connectivity index (χ1n) is 9.09. The second kappa shape index (κ2) is 8.55. The summed E-state index contributed by atoms with van der Waals surface area (Å²) in [6.45, 7) is 4.60. The molecule has 1 aromatic heterocycles. The fraction of sp³-hybridized carbons (Fsp3) is 0.318. The number of methoxy groups -OCH3 is 1. The molecule has 3 rings (SSSR count). The van der Waals surface area contributed by atoms with E-state index >= 15 is 0 Å². The van der Waals surface area contributed by atoms with Crippen LogP contribution in [0.2, 0.25) is 0 Å². The molecule has 0 saturated heterocycles. The Hall–Kier alpha value is -2.37. The van der Waals surface area contributed by atoms with Crippen molar-refractivity contribution < 1.29 is 9.53 Å². The summed E-state index contributed by atoms with van der Waals surface area (Å²) in [5.41, 5.74) is 1.11. The van der Waals surface area contributed by atoms with E-state index < -0.39 is 0 Å². The van der Waals surface area contributed by atoms with Gasteiger partial charge in [0.1, 0.15) is 5.75 Å². The Kier molecular flexibility index (Phi) is 6.14. The Morgan fingerprint density at radius 2 is 1.89 bits per heavy atom. The molecular formula is C22H26N2O2S. The molecule has 2 atom stereocenters. The first-order valence-corrected chi connectivity index (χ1v) is 9.97. The number of ether oxygens (including phenoxy) is 1. The van der Waals surface area contributed by atoms with Gasteiger partial charge in [0, 0.05) is 24.5 Å². The molecule has 142 valence electrons. The highest BCUT2D eigenvalue weighted by Crippen LogP contribution is 2.23. The third kappa shape index (κ3) is 4.67. The fourth-order valence-corrected chi connectivity index (χ4v) is 3.99. The van der Waals surface area contributed by atoms with Gasteiger partial charge in [-0.2, -0.15) is 0 Å². The van der Waals surface area contributed by atoms with Gasteiger partial charge >= 0.3 is 0 Å². The Labute approximate surface area is 164 Å². The summed E-state index contributed by atoms with van der Waals surface area (Å²) in [5, 5.41) is 7.73. The molecule has 0 radical (unpaired) electrons. The number of benzene rings is 2. The highest BCUT2D eigenvalue weighted by Gasteiger charge is 2.20. The molecule has 0 aliphatic carbocycles. The lowest BCUT2D eigenvalue weighted by Crippen LogP contribution is -2.43. The Balaban J connectivity index is 1.64. The molecule has 2 unspecified atom stereocenters. The lowest BCUT2D eigenvalue weighted by molar-refractivity contribution is -0.132. The van der Waals surface area contributed by atoms with Crippen molar-refractivity contribution in [1.82, 2.24) is 10.2 Å². The number of carbonyl (C=O) groups excluding carboxylic acids is 1. The molecule has 0 saturated carbocycles. The third-order valence-electron chi connectivity index (χ3n) is 4.75. The van der Waals surface area contributed by atoms with E-state index in [1.165, 1.54) is 4.88 Å². The number of carbonyl (C=O) groups is 1. The van der Waals surface area contributed by atoms with Crippen molar-refractivity contribution in [2.24, 2.45) is 0 Å². The van der Waals surface area contributed by atoms with Crippen LogP contribution in [0.3, 0.4) is 0 Å². The summed E-state index contributed by atoms with van der Waals surface area (Å²) in [5.74, 6) is 0.940. The van der Waals surface area contributed by atoms with E-state index in [1.807, 2.05) is 38.2 Å². The molecule has 1 N–H and O–H groups in total. The van der Waals surface area contributed by atoms with Gasteiger partial charge in [0.25, 0.3) is 0 Å². The van der Waals surface area contributed by atoms with Crippen LogP contribution in [0.4, 0.5) is 0 Å². The summed E-state index contributed by atoms with van der Waals surface area (Å²) in [6.07, 6.45) is 0. The maximum atomic E-state index is 12.7. The molecule has 0 spiro atoms. The number of fused-ring (bicyclic) bond motifs is 1. The van der Waals surface area contributed by atoms with Crippen LogP contribution in [0, 0.1) is 0 Å². The van der Waals surface area contributed by atoms with Crippen molar-refractivity contribution in [3.8, 4) is 5.75 Å². The summed E-state index contributed by atoms with van der Waals surface area (Å²) >= 11 is 1.70. The van der Waals surface area contributed by atoms with Gasteiger partial charge in [-0.25, -0.2) is 0 Å². The van der Waals surface area contributed by atoms with Crippen LogP contribution in [0.25, 0.3) is 10.8 Å². The minimum Gasteiger partial charge on any atom is -0.497 e. The smallest absolute Gasteiger partial charge is 0.239 e. The molecule has 1 amide bonds. The molecule has 3 aromatic rings. The van der Waals surface area contributed by atoms with Crippen LogP contribution in [0.15, 0.2) is 53.9 Å². The molecular weight excluding hydrogens is 356 g/mol. The molecule has 2 aromatic carbocycles. The zero-order chi connectivity index (χ0) is 19.4. The van der Waals surface area contributed by atoms with Crippen molar-refractivity contribution in [2.75, 3.05) is 14.2 Å². The number of amides is 1. The summed E-state index contributed by atoms with van der Waals surface area (Å²) in [4.78, 5) is 15.8. The van der Waals surface area contributed by atoms with Crippen molar-refractivity contribution in [2.45, 2.75) is 32.5 Å². The van der Waals surface area contributed by atoms with Gasteiger partial charge < -0.3 is 9.64 Å². The number of hydrogen-bond acceptors (Lipinski definition) is 4. The normalized spacial score (nSPS) is 13.3. The van der Waals surface area contributed by atoms with Gasteiger partial charge in [0.05, 0.1) is 13.2 Å². The summed E-state index contributed by atoms with van der Waals surface area (Å²) in [6, 6.07) is 16.3. The van der Waals surface area contributed by atoms with Crippen LogP contribution in [-0.2, 0) is 11.3 Å². The molecule has 27 heavy (non-hydrogen) atoms. The Bertz CT molecular complexity index is 908. The van der Waals surface area contributed by atoms with Gasteiger partial charge in [0.15, 0.2) is 0 Å². The maximum Gasteiger partial charge on any atom is 0.239 e. The minimum absolute atomic E-state index is 0.0910. The summed E-state index contributed by atoms with van der Waals surface area (Å²) < 4.78 is 5.27. The largest absolute Gasteiger partial charge is 0.497 e. The molecule has 0 fully saturated rings. The maximum absolute atomic E-state index is 12.7. The van der Waals surface area contributed by atoms with Crippen molar-refractivity contribution >= 4 is 28.0 Å². The van der Waals surface area contributed by atoms with E-state index in [-0.39, 0.29) is 18.0 Å². The highest BCUT2D eigenvalue weighted by molar-refractivity contribution is 7.10. The number of rotatable bonds is 7. The molecule has 0 aliphatic rings. The zero-order valence-corrected chi connectivity index (χ0v) is 17.0. The van der Waals surface area contributed by atoms with E-state index in [2.05, 4.69) is 41.9 Å². The standard InChI is InChI=1S/C22H26N2O2S/c1-15(21-6-5-11-27-21)23-16(2)22(25)24(3)14-17-7-8-19-13-20(26-4)10-9-18(19)12-17/h5-13,15-16,23H,14H2,1-4H3. The average molecular weight is 383 g/mol. The number of likely N-dealkylation sites (N-methyl/N-ethyl adjacent to an activating group) is 1.